The molecule has 0 radical (unpaired) electrons. The SMILES string of the molecule is S=CN(SCc1ccccc1)SCc1ccccc1. The lowest BCUT2D eigenvalue weighted by atomic mass is 10.2. The fraction of sp³-hybridized carbons (Fsp3) is 0.133. The second kappa shape index (κ2) is 8.25. The Labute approximate surface area is 128 Å². The summed E-state index contributed by atoms with van der Waals surface area (Å²) in [5.41, 5.74) is 4.34. The molecule has 0 aromatic heterocycles. The van der Waals surface area contributed by atoms with Gasteiger partial charge in [0.1, 0.15) is 0 Å². The fourth-order valence-corrected chi connectivity index (χ4v) is 3.56. The van der Waals surface area contributed by atoms with Crippen LogP contribution in [0.2, 0.25) is 0 Å². The highest BCUT2D eigenvalue weighted by molar-refractivity contribution is 8.12. The van der Waals surface area contributed by atoms with Crippen molar-refractivity contribution < 1.29 is 0 Å². The van der Waals surface area contributed by atoms with E-state index in [2.05, 4.69) is 52.2 Å². The predicted molar refractivity (Wildman–Crippen MR) is 91.0 cm³/mol. The number of nitrogens with zero attached hydrogens (tertiary/aromatic N) is 1. The van der Waals surface area contributed by atoms with E-state index in [0.29, 0.717) is 0 Å². The molecule has 0 atom stereocenters. The van der Waals surface area contributed by atoms with Gasteiger partial charge in [-0.05, 0) is 35.0 Å². The van der Waals surface area contributed by atoms with E-state index in [9.17, 15) is 0 Å². The minimum Gasteiger partial charge on any atom is -0.254 e. The highest BCUT2D eigenvalue weighted by Gasteiger charge is 2.03. The largest absolute Gasteiger partial charge is 0.254 e. The average molecular weight is 305 g/mol. The van der Waals surface area contributed by atoms with Gasteiger partial charge < -0.3 is 0 Å². The van der Waals surface area contributed by atoms with Crippen LogP contribution in [0.1, 0.15) is 11.1 Å². The first-order chi connectivity index (χ1) is 9.38. The second-order valence-electron chi connectivity index (χ2n) is 3.91. The number of benzene rings is 2. The van der Waals surface area contributed by atoms with Crippen molar-refractivity contribution in [2.45, 2.75) is 11.5 Å². The monoisotopic (exact) mass is 305 g/mol. The summed E-state index contributed by atoms with van der Waals surface area (Å²) in [6.45, 7) is 0. The quantitative estimate of drug-likeness (QED) is 0.526. The molecular weight excluding hydrogens is 290 g/mol. The first kappa shape index (κ1) is 14.4. The first-order valence-corrected chi connectivity index (χ1v) is 8.32. The van der Waals surface area contributed by atoms with Crippen molar-refractivity contribution in [2.24, 2.45) is 0 Å². The van der Waals surface area contributed by atoms with E-state index in [4.69, 9.17) is 12.2 Å². The number of hydrogen-bond donors (Lipinski definition) is 0. The summed E-state index contributed by atoms with van der Waals surface area (Å²) in [5, 5.41) is 0. The van der Waals surface area contributed by atoms with Crippen molar-refractivity contribution >= 4 is 41.6 Å². The van der Waals surface area contributed by atoms with Crippen molar-refractivity contribution in [1.29, 1.82) is 0 Å². The molecule has 4 heteroatoms. The molecule has 0 bridgehead atoms. The van der Waals surface area contributed by atoms with Gasteiger partial charge in [0.05, 0.1) is 5.49 Å². The topological polar surface area (TPSA) is 3.24 Å². The van der Waals surface area contributed by atoms with Crippen LogP contribution in [-0.4, -0.2) is 9.20 Å². The molecule has 0 amide bonds. The maximum absolute atomic E-state index is 5.06. The van der Waals surface area contributed by atoms with E-state index < -0.39 is 0 Å². The molecule has 1 nitrogen and oxygen atoms in total. The van der Waals surface area contributed by atoms with Gasteiger partial charge >= 0.3 is 0 Å². The summed E-state index contributed by atoms with van der Waals surface area (Å²) in [6, 6.07) is 20.9. The predicted octanol–water partition coefficient (Wildman–Crippen LogP) is 4.94. The van der Waals surface area contributed by atoms with Gasteiger partial charge in [-0.2, -0.15) is 0 Å². The van der Waals surface area contributed by atoms with Crippen molar-refractivity contribution in [1.82, 2.24) is 3.71 Å². The van der Waals surface area contributed by atoms with Crippen molar-refractivity contribution in [3.05, 3.63) is 71.8 Å². The molecule has 0 unspecified atom stereocenters. The Morgan fingerprint density at radius 1 is 0.789 bits per heavy atom. The van der Waals surface area contributed by atoms with Crippen molar-refractivity contribution in [3.63, 3.8) is 0 Å². The second-order valence-corrected chi connectivity index (χ2v) is 6.23. The Balaban J connectivity index is 1.79. The van der Waals surface area contributed by atoms with Gasteiger partial charge in [0.2, 0.25) is 0 Å². The highest BCUT2D eigenvalue weighted by atomic mass is 32.2. The summed E-state index contributed by atoms with van der Waals surface area (Å²) < 4.78 is 2.05. The number of hydrogen-bond acceptors (Lipinski definition) is 3. The van der Waals surface area contributed by atoms with Gasteiger partial charge in [-0.15, -0.1) is 0 Å². The molecular formula is C15H15NS3. The lowest BCUT2D eigenvalue weighted by Gasteiger charge is -2.16. The summed E-state index contributed by atoms with van der Waals surface area (Å²) in [4.78, 5) is 0. The lowest BCUT2D eigenvalue weighted by Crippen LogP contribution is -2.02. The van der Waals surface area contributed by atoms with Gasteiger partial charge in [0.25, 0.3) is 0 Å². The zero-order chi connectivity index (χ0) is 13.3. The molecule has 98 valence electrons. The fourth-order valence-electron chi connectivity index (χ4n) is 1.52. The van der Waals surface area contributed by atoms with Crippen LogP contribution in [-0.2, 0) is 11.5 Å². The van der Waals surface area contributed by atoms with Gasteiger partial charge in [-0.3, -0.25) is 3.71 Å². The van der Waals surface area contributed by atoms with E-state index in [1.54, 1.807) is 29.4 Å². The van der Waals surface area contributed by atoms with Gasteiger partial charge in [0, 0.05) is 11.5 Å². The maximum atomic E-state index is 5.06. The van der Waals surface area contributed by atoms with Crippen LogP contribution in [0, 0.1) is 0 Å². The molecule has 19 heavy (non-hydrogen) atoms. The molecule has 2 aromatic rings. The Hall–Kier alpha value is -0.970. The van der Waals surface area contributed by atoms with Crippen molar-refractivity contribution in [3.8, 4) is 0 Å². The number of rotatable bonds is 7. The molecule has 0 aliphatic rings. The van der Waals surface area contributed by atoms with Crippen LogP contribution in [0.5, 0.6) is 0 Å². The van der Waals surface area contributed by atoms with Crippen LogP contribution < -0.4 is 0 Å². The zero-order valence-corrected chi connectivity index (χ0v) is 12.9. The lowest BCUT2D eigenvalue weighted by molar-refractivity contribution is 1.17. The zero-order valence-electron chi connectivity index (χ0n) is 10.4. The van der Waals surface area contributed by atoms with Crippen LogP contribution >= 0.6 is 36.1 Å². The first-order valence-electron chi connectivity index (χ1n) is 5.96. The Bertz CT molecular complexity index is 444. The third-order valence-electron chi connectivity index (χ3n) is 2.49. The Morgan fingerprint density at radius 2 is 1.21 bits per heavy atom. The summed E-state index contributed by atoms with van der Waals surface area (Å²) in [5.74, 6) is 1.88. The van der Waals surface area contributed by atoms with E-state index in [0.717, 1.165) is 11.5 Å². The molecule has 0 aliphatic carbocycles. The molecule has 0 spiro atoms. The summed E-state index contributed by atoms with van der Waals surface area (Å²) in [6.07, 6.45) is 0. The van der Waals surface area contributed by atoms with Crippen LogP contribution in [0.3, 0.4) is 0 Å². The van der Waals surface area contributed by atoms with Gasteiger partial charge in [0.15, 0.2) is 0 Å². The normalized spacial score (nSPS) is 10.1. The molecule has 0 aliphatic heterocycles. The van der Waals surface area contributed by atoms with Crippen LogP contribution in [0.25, 0.3) is 0 Å². The molecule has 2 rings (SSSR count). The third-order valence-corrected chi connectivity index (χ3v) is 5.24. The van der Waals surface area contributed by atoms with Crippen LogP contribution in [0.4, 0.5) is 0 Å². The molecule has 0 fully saturated rings. The van der Waals surface area contributed by atoms with Gasteiger partial charge in [-0.1, -0.05) is 72.9 Å². The minimum absolute atomic E-state index is 0.940. The highest BCUT2D eigenvalue weighted by Crippen LogP contribution is 2.26. The Morgan fingerprint density at radius 3 is 1.58 bits per heavy atom. The summed E-state index contributed by atoms with van der Waals surface area (Å²) >= 11 is 8.52. The molecule has 0 N–H and O–H groups in total. The van der Waals surface area contributed by atoms with Crippen molar-refractivity contribution in [2.75, 3.05) is 0 Å². The minimum atomic E-state index is 0.940. The smallest absolute Gasteiger partial charge is 0.0862 e. The third kappa shape index (κ3) is 5.27. The maximum Gasteiger partial charge on any atom is 0.0862 e. The molecule has 0 heterocycles. The van der Waals surface area contributed by atoms with E-state index in [-0.39, 0.29) is 0 Å². The standard InChI is InChI=1S/C15H15NS3/c17-13-16(18-11-14-7-3-1-4-8-14)19-12-15-9-5-2-6-10-15/h1-10,13H,11-12H2. The molecule has 0 saturated heterocycles. The van der Waals surface area contributed by atoms with Crippen LogP contribution in [0.15, 0.2) is 60.7 Å². The van der Waals surface area contributed by atoms with E-state index >= 15 is 0 Å². The summed E-state index contributed by atoms with van der Waals surface area (Å²) in [7, 11) is 0. The molecule has 2 aromatic carbocycles. The Kier molecular flexibility index (Phi) is 6.27. The average Bonchev–Trinajstić information content (AvgIpc) is 2.49. The van der Waals surface area contributed by atoms with E-state index in [1.165, 1.54) is 11.1 Å². The van der Waals surface area contributed by atoms with E-state index in [1.807, 2.05) is 12.1 Å². The van der Waals surface area contributed by atoms with Gasteiger partial charge in [-0.25, -0.2) is 0 Å². The number of thiocarbonyl (C=S) groups is 1. The molecule has 0 saturated carbocycles.